The molecule has 1 saturated carbocycles. The number of nitrogens with one attached hydrogen (secondary N) is 1. The van der Waals surface area contributed by atoms with E-state index in [-0.39, 0.29) is 0 Å². The van der Waals surface area contributed by atoms with Gasteiger partial charge < -0.3 is 15.0 Å². The Balaban J connectivity index is 1.70. The molecule has 0 radical (unpaired) electrons. The van der Waals surface area contributed by atoms with Crippen molar-refractivity contribution in [2.24, 2.45) is 0 Å². The number of hydrogen-bond donors (Lipinski definition) is 1. The summed E-state index contributed by atoms with van der Waals surface area (Å²) in [7, 11) is 0. The molecule has 5 heteroatoms. The first-order chi connectivity index (χ1) is 9.88. The molecule has 1 aliphatic carbocycles. The fraction of sp³-hybridized carbons (Fsp3) is 0.733. The number of anilines is 1. The van der Waals surface area contributed by atoms with Gasteiger partial charge in [-0.1, -0.05) is 19.8 Å². The monoisotopic (exact) mass is 276 g/mol. The normalized spacial score (nSPS) is 26.4. The van der Waals surface area contributed by atoms with Crippen molar-refractivity contribution in [3.63, 3.8) is 0 Å². The van der Waals surface area contributed by atoms with E-state index in [1.165, 1.54) is 25.7 Å². The van der Waals surface area contributed by atoms with Crippen molar-refractivity contribution in [1.29, 1.82) is 0 Å². The molecule has 1 aliphatic heterocycles. The topological polar surface area (TPSA) is 50.3 Å². The summed E-state index contributed by atoms with van der Waals surface area (Å²) in [4.78, 5) is 11.5. The number of hydrogen-bond acceptors (Lipinski definition) is 5. The van der Waals surface area contributed by atoms with Gasteiger partial charge in [-0.3, -0.25) is 4.98 Å². The second-order valence-electron chi connectivity index (χ2n) is 5.60. The van der Waals surface area contributed by atoms with Gasteiger partial charge in [0.25, 0.3) is 0 Å². The molecule has 1 saturated heterocycles. The zero-order valence-corrected chi connectivity index (χ0v) is 12.2. The molecule has 2 aliphatic rings. The van der Waals surface area contributed by atoms with Crippen LogP contribution < -0.4 is 10.2 Å². The smallest absolute Gasteiger partial charge is 0.147 e. The number of fused-ring (bicyclic) bond motifs is 1. The van der Waals surface area contributed by atoms with Crippen molar-refractivity contribution in [2.75, 3.05) is 24.6 Å². The van der Waals surface area contributed by atoms with Gasteiger partial charge in [-0.15, -0.1) is 0 Å². The third-order valence-electron chi connectivity index (χ3n) is 4.27. The fourth-order valence-electron chi connectivity index (χ4n) is 3.22. The highest BCUT2D eigenvalue weighted by atomic mass is 16.5. The molecular formula is C15H24N4O. The van der Waals surface area contributed by atoms with Gasteiger partial charge >= 0.3 is 0 Å². The Morgan fingerprint density at radius 1 is 1.30 bits per heavy atom. The first kappa shape index (κ1) is 13.8. The third kappa shape index (κ3) is 2.94. The largest absolute Gasteiger partial charge is 0.374 e. The van der Waals surface area contributed by atoms with Gasteiger partial charge in [0.05, 0.1) is 36.8 Å². The first-order valence-corrected chi connectivity index (χ1v) is 7.78. The van der Waals surface area contributed by atoms with Crippen LogP contribution in [0.25, 0.3) is 0 Å². The van der Waals surface area contributed by atoms with Crippen molar-refractivity contribution < 1.29 is 4.74 Å². The molecule has 0 amide bonds. The Morgan fingerprint density at radius 2 is 2.20 bits per heavy atom. The van der Waals surface area contributed by atoms with Gasteiger partial charge in [0.15, 0.2) is 0 Å². The summed E-state index contributed by atoms with van der Waals surface area (Å²) in [6.45, 7) is 5.58. The lowest BCUT2D eigenvalue weighted by Gasteiger charge is -2.44. The van der Waals surface area contributed by atoms with Crippen LogP contribution in [0.3, 0.4) is 0 Å². The molecule has 1 aromatic rings. The van der Waals surface area contributed by atoms with E-state index in [0.29, 0.717) is 12.1 Å². The number of rotatable bonds is 4. The van der Waals surface area contributed by atoms with Crippen molar-refractivity contribution in [2.45, 2.75) is 51.3 Å². The second kappa shape index (κ2) is 6.50. The van der Waals surface area contributed by atoms with Crippen molar-refractivity contribution in [3.8, 4) is 0 Å². The second-order valence-corrected chi connectivity index (χ2v) is 5.60. The predicted octanol–water partition coefficient (Wildman–Crippen LogP) is 1.73. The Kier molecular flexibility index (Phi) is 4.47. The molecule has 2 fully saturated rings. The number of nitrogens with zero attached hydrogens (tertiary/aromatic N) is 3. The predicted molar refractivity (Wildman–Crippen MR) is 78.8 cm³/mol. The fourth-order valence-corrected chi connectivity index (χ4v) is 3.22. The Bertz CT molecular complexity index is 420. The molecule has 0 spiro atoms. The van der Waals surface area contributed by atoms with E-state index in [4.69, 9.17) is 4.74 Å². The lowest BCUT2D eigenvalue weighted by molar-refractivity contribution is -0.00901. The Labute approximate surface area is 120 Å². The summed E-state index contributed by atoms with van der Waals surface area (Å²) in [5.41, 5.74) is 1.00. The number of ether oxygens (including phenoxy) is 1. The highest BCUT2D eigenvalue weighted by Crippen LogP contribution is 2.30. The molecule has 1 N–H and O–H groups in total. The van der Waals surface area contributed by atoms with Crippen LogP contribution in [0, 0.1) is 0 Å². The summed E-state index contributed by atoms with van der Waals surface area (Å²) in [6, 6.07) is 0.492. The molecular weight excluding hydrogens is 252 g/mol. The van der Waals surface area contributed by atoms with E-state index in [9.17, 15) is 0 Å². The summed E-state index contributed by atoms with van der Waals surface area (Å²) in [6.07, 6.45) is 9.20. The molecule has 0 bridgehead atoms. The van der Waals surface area contributed by atoms with Gasteiger partial charge in [-0.2, -0.15) is 0 Å². The minimum atomic E-state index is 0.390. The molecule has 2 heterocycles. The first-order valence-electron chi connectivity index (χ1n) is 7.78. The molecule has 5 nitrogen and oxygen atoms in total. The van der Waals surface area contributed by atoms with Crippen molar-refractivity contribution in [1.82, 2.24) is 15.3 Å². The summed E-state index contributed by atoms with van der Waals surface area (Å²) in [5, 5.41) is 3.27. The molecule has 3 rings (SSSR count). The zero-order valence-electron chi connectivity index (χ0n) is 12.2. The Morgan fingerprint density at radius 3 is 3.00 bits per heavy atom. The van der Waals surface area contributed by atoms with E-state index in [2.05, 4.69) is 27.1 Å². The zero-order chi connectivity index (χ0) is 13.8. The maximum atomic E-state index is 5.91. The van der Waals surface area contributed by atoms with Crippen LogP contribution in [0.2, 0.25) is 0 Å². The summed E-state index contributed by atoms with van der Waals surface area (Å²) in [5.74, 6) is 1.01. The van der Waals surface area contributed by atoms with E-state index in [0.717, 1.165) is 37.8 Å². The van der Waals surface area contributed by atoms with Gasteiger partial charge in [0.1, 0.15) is 5.82 Å². The minimum Gasteiger partial charge on any atom is -0.374 e. The van der Waals surface area contributed by atoms with Gasteiger partial charge in [-0.05, 0) is 19.4 Å². The molecule has 110 valence electrons. The Hall–Kier alpha value is -1.20. The maximum absolute atomic E-state index is 5.91. The van der Waals surface area contributed by atoms with E-state index < -0.39 is 0 Å². The number of morpholine rings is 1. The van der Waals surface area contributed by atoms with E-state index in [1.807, 2.05) is 12.4 Å². The maximum Gasteiger partial charge on any atom is 0.147 e. The standard InChI is InChI=1S/C15H24N4O/c1-2-16-9-12-10-18-15(11-17-12)19-7-8-20-14-6-4-3-5-13(14)19/h10-11,13-14,16H,2-9H2,1H3. The lowest BCUT2D eigenvalue weighted by atomic mass is 9.90. The quantitative estimate of drug-likeness (QED) is 0.907. The summed E-state index contributed by atoms with van der Waals surface area (Å²) >= 11 is 0. The molecule has 0 aromatic carbocycles. The average Bonchev–Trinajstić information content (AvgIpc) is 2.53. The van der Waals surface area contributed by atoms with Crippen LogP contribution in [-0.2, 0) is 11.3 Å². The van der Waals surface area contributed by atoms with E-state index >= 15 is 0 Å². The van der Waals surface area contributed by atoms with Crippen LogP contribution in [0.15, 0.2) is 12.4 Å². The van der Waals surface area contributed by atoms with Gasteiger partial charge in [0, 0.05) is 13.1 Å². The SMILES string of the molecule is CCNCc1cnc(N2CCOC3CCCCC32)cn1. The average molecular weight is 276 g/mol. The van der Waals surface area contributed by atoms with Crippen LogP contribution >= 0.6 is 0 Å². The van der Waals surface area contributed by atoms with Gasteiger partial charge in [0.2, 0.25) is 0 Å². The van der Waals surface area contributed by atoms with Crippen LogP contribution in [0.5, 0.6) is 0 Å². The summed E-state index contributed by atoms with van der Waals surface area (Å²) < 4.78 is 5.91. The number of aromatic nitrogens is 2. The highest BCUT2D eigenvalue weighted by molar-refractivity contribution is 5.38. The van der Waals surface area contributed by atoms with Crippen molar-refractivity contribution >= 4 is 5.82 Å². The molecule has 2 unspecified atom stereocenters. The molecule has 20 heavy (non-hydrogen) atoms. The minimum absolute atomic E-state index is 0.390. The third-order valence-corrected chi connectivity index (χ3v) is 4.27. The molecule has 2 atom stereocenters. The van der Waals surface area contributed by atoms with Crippen LogP contribution in [0.4, 0.5) is 5.82 Å². The van der Waals surface area contributed by atoms with E-state index in [1.54, 1.807) is 0 Å². The molecule has 1 aromatic heterocycles. The highest BCUT2D eigenvalue weighted by Gasteiger charge is 2.34. The lowest BCUT2D eigenvalue weighted by Crippen LogP contribution is -2.53. The van der Waals surface area contributed by atoms with Crippen LogP contribution in [-0.4, -0.2) is 41.8 Å². The van der Waals surface area contributed by atoms with Gasteiger partial charge in [-0.25, -0.2) is 4.98 Å². The van der Waals surface area contributed by atoms with Crippen LogP contribution in [0.1, 0.15) is 38.3 Å². The van der Waals surface area contributed by atoms with Crippen molar-refractivity contribution in [3.05, 3.63) is 18.1 Å².